The molecule has 0 fully saturated rings. The molecule has 2 heterocycles. The van der Waals surface area contributed by atoms with Crippen molar-refractivity contribution in [2.24, 2.45) is 0 Å². The van der Waals surface area contributed by atoms with Crippen LogP contribution < -0.4 is 5.32 Å². The Morgan fingerprint density at radius 1 is 1.73 bits per heavy atom. The largest absolute Gasteiger partial charge is 0.332 e. The molecule has 0 saturated carbocycles. The van der Waals surface area contributed by atoms with E-state index in [2.05, 4.69) is 10.3 Å². The van der Waals surface area contributed by atoms with Gasteiger partial charge in [-0.1, -0.05) is 0 Å². The van der Waals surface area contributed by atoms with E-state index in [4.69, 9.17) is 0 Å². The van der Waals surface area contributed by atoms with Gasteiger partial charge in [-0.3, -0.25) is 4.79 Å². The summed E-state index contributed by atoms with van der Waals surface area (Å²) in [5.41, 5.74) is 0.531. The van der Waals surface area contributed by atoms with Gasteiger partial charge in [0.15, 0.2) is 6.29 Å². The van der Waals surface area contributed by atoms with E-state index in [1.807, 2.05) is 4.57 Å². The number of hydrogen-bond acceptors (Lipinski definition) is 3. The molecule has 4 nitrogen and oxygen atoms in total. The van der Waals surface area contributed by atoms with Crippen LogP contribution in [0.15, 0.2) is 6.20 Å². The van der Waals surface area contributed by atoms with Gasteiger partial charge in [-0.25, -0.2) is 4.98 Å². The van der Waals surface area contributed by atoms with E-state index >= 15 is 0 Å². The Labute approximate surface area is 64.2 Å². The maximum absolute atomic E-state index is 10.3. The Bertz CT molecular complexity index is 256. The molecule has 1 aliphatic rings. The predicted octanol–water partition coefficient (Wildman–Crippen LogP) is -0.201. The van der Waals surface area contributed by atoms with Crippen LogP contribution in [0.5, 0.6) is 0 Å². The van der Waals surface area contributed by atoms with Crippen molar-refractivity contribution in [1.29, 1.82) is 0 Å². The molecule has 1 aromatic heterocycles. The third-order valence-corrected chi connectivity index (χ3v) is 1.81. The van der Waals surface area contributed by atoms with Gasteiger partial charge < -0.3 is 9.88 Å². The second kappa shape index (κ2) is 2.47. The van der Waals surface area contributed by atoms with Crippen molar-refractivity contribution in [2.45, 2.75) is 13.1 Å². The highest BCUT2D eigenvalue weighted by molar-refractivity contribution is 5.71. The van der Waals surface area contributed by atoms with Gasteiger partial charge in [0.05, 0.1) is 6.54 Å². The van der Waals surface area contributed by atoms with E-state index in [-0.39, 0.29) is 0 Å². The zero-order chi connectivity index (χ0) is 7.68. The van der Waals surface area contributed by atoms with Gasteiger partial charge in [0, 0.05) is 19.3 Å². The number of aldehydes is 1. The number of carbonyl (C=O) groups excluding carboxylic acids is 1. The lowest BCUT2D eigenvalue weighted by atomic mass is 10.4. The number of aromatic nitrogens is 2. The van der Waals surface area contributed by atoms with Crippen LogP contribution in [0.2, 0.25) is 0 Å². The molecule has 11 heavy (non-hydrogen) atoms. The minimum atomic E-state index is 0.531. The summed E-state index contributed by atoms with van der Waals surface area (Å²) in [5, 5.41) is 3.18. The molecule has 58 valence electrons. The molecular weight excluding hydrogens is 142 g/mol. The van der Waals surface area contributed by atoms with Crippen molar-refractivity contribution < 1.29 is 4.79 Å². The molecule has 0 unspecified atom stereocenters. The fraction of sp³-hybridized carbons (Fsp3) is 0.429. The first-order valence-corrected chi connectivity index (χ1v) is 3.62. The number of imidazole rings is 1. The lowest BCUT2D eigenvalue weighted by molar-refractivity contribution is 0.111. The van der Waals surface area contributed by atoms with Crippen molar-refractivity contribution in [3.63, 3.8) is 0 Å². The molecule has 0 bridgehead atoms. The van der Waals surface area contributed by atoms with Gasteiger partial charge in [0.25, 0.3) is 0 Å². The fourth-order valence-electron chi connectivity index (χ4n) is 1.27. The second-order valence-electron chi connectivity index (χ2n) is 2.57. The summed E-state index contributed by atoms with van der Waals surface area (Å²) in [6.07, 6.45) is 2.58. The van der Waals surface area contributed by atoms with Crippen LogP contribution in [0.4, 0.5) is 0 Å². The summed E-state index contributed by atoms with van der Waals surface area (Å²) in [7, 11) is 0. The number of nitrogens with one attached hydrogen (secondary N) is 1. The summed E-state index contributed by atoms with van der Waals surface area (Å²) < 4.78 is 2.01. The van der Waals surface area contributed by atoms with E-state index in [1.165, 1.54) is 0 Å². The number of hydrogen-bond donors (Lipinski definition) is 1. The number of carbonyl (C=O) groups is 1. The molecular formula is C7H9N3O. The molecule has 0 amide bonds. The van der Waals surface area contributed by atoms with E-state index in [0.29, 0.717) is 5.69 Å². The first-order chi connectivity index (χ1) is 5.40. The molecule has 1 aliphatic heterocycles. The van der Waals surface area contributed by atoms with E-state index in [0.717, 1.165) is 31.7 Å². The van der Waals surface area contributed by atoms with Crippen LogP contribution in [-0.4, -0.2) is 22.4 Å². The van der Waals surface area contributed by atoms with Crippen LogP contribution in [0.1, 0.15) is 16.3 Å². The molecule has 0 saturated heterocycles. The quantitative estimate of drug-likeness (QED) is 0.565. The van der Waals surface area contributed by atoms with Crippen LogP contribution in [0, 0.1) is 0 Å². The summed E-state index contributed by atoms with van der Waals surface area (Å²) in [5.74, 6) is 0.957. The maximum Gasteiger partial charge on any atom is 0.170 e. The van der Waals surface area contributed by atoms with Gasteiger partial charge in [0.1, 0.15) is 11.5 Å². The fourth-order valence-corrected chi connectivity index (χ4v) is 1.27. The predicted molar refractivity (Wildman–Crippen MR) is 39.3 cm³/mol. The maximum atomic E-state index is 10.3. The molecule has 0 radical (unpaired) electrons. The lowest BCUT2D eigenvalue weighted by Crippen LogP contribution is -2.27. The summed E-state index contributed by atoms with van der Waals surface area (Å²) >= 11 is 0. The highest BCUT2D eigenvalue weighted by Crippen LogP contribution is 2.04. The topological polar surface area (TPSA) is 46.9 Å². The summed E-state index contributed by atoms with van der Waals surface area (Å²) in [6.45, 7) is 2.64. The molecule has 1 N–H and O–H groups in total. The molecule has 0 atom stereocenters. The minimum Gasteiger partial charge on any atom is -0.332 e. The SMILES string of the molecule is O=Cc1cn2c(n1)CNCC2. The number of fused-ring (bicyclic) bond motifs is 1. The summed E-state index contributed by atoms with van der Waals surface area (Å²) in [4.78, 5) is 14.4. The monoisotopic (exact) mass is 151 g/mol. The van der Waals surface area contributed by atoms with Crippen LogP contribution in [0.3, 0.4) is 0 Å². The molecule has 1 aromatic rings. The van der Waals surface area contributed by atoms with Crippen LogP contribution in [-0.2, 0) is 13.1 Å². The van der Waals surface area contributed by atoms with E-state index in [1.54, 1.807) is 6.20 Å². The summed E-state index contributed by atoms with van der Waals surface area (Å²) in [6, 6.07) is 0. The van der Waals surface area contributed by atoms with Gasteiger partial charge in [0.2, 0.25) is 0 Å². The second-order valence-corrected chi connectivity index (χ2v) is 2.57. The van der Waals surface area contributed by atoms with E-state index in [9.17, 15) is 4.79 Å². The molecule has 0 aromatic carbocycles. The van der Waals surface area contributed by atoms with Gasteiger partial charge in [-0.05, 0) is 0 Å². The molecule has 2 rings (SSSR count). The molecule has 0 spiro atoms. The van der Waals surface area contributed by atoms with Gasteiger partial charge in [-0.15, -0.1) is 0 Å². The smallest absolute Gasteiger partial charge is 0.170 e. The van der Waals surface area contributed by atoms with Crippen LogP contribution >= 0.6 is 0 Å². The lowest BCUT2D eigenvalue weighted by Gasteiger charge is -2.13. The Hall–Kier alpha value is -1.16. The number of rotatable bonds is 1. The van der Waals surface area contributed by atoms with Crippen molar-refractivity contribution in [2.75, 3.05) is 6.54 Å². The number of nitrogens with zero attached hydrogens (tertiary/aromatic N) is 2. The van der Waals surface area contributed by atoms with E-state index < -0.39 is 0 Å². The third-order valence-electron chi connectivity index (χ3n) is 1.81. The first-order valence-electron chi connectivity index (χ1n) is 3.62. The zero-order valence-electron chi connectivity index (χ0n) is 6.08. The zero-order valence-corrected chi connectivity index (χ0v) is 6.08. The minimum absolute atomic E-state index is 0.531. The van der Waals surface area contributed by atoms with Crippen molar-refractivity contribution >= 4 is 6.29 Å². The Morgan fingerprint density at radius 3 is 3.36 bits per heavy atom. The molecule has 0 aliphatic carbocycles. The average Bonchev–Trinajstić information content (AvgIpc) is 2.46. The average molecular weight is 151 g/mol. The standard InChI is InChI=1S/C7H9N3O/c11-5-6-4-10-2-1-8-3-7(10)9-6/h4-5,8H,1-3H2. The Kier molecular flexibility index (Phi) is 1.47. The Morgan fingerprint density at radius 2 is 2.64 bits per heavy atom. The Balaban J connectivity index is 2.39. The van der Waals surface area contributed by atoms with Crippen molar-refractivity contribution in [3.05, 3.63) is 17.7 Å². The van der Waals surface area contributed by atoms with Crippen molar-refractivity contribution in [1.82, 2.24) is 14.9 Å². The van der Waals surface area contributed by atoms with Crippen molar-refractivity contribution in [3.8, 4) is 0 Å². The molecule has 4 heteroatoms. The first kappa shape index (κ1) is 6.54. The normalized spacial score (nSPS) is 16.0. The van der Waals surface area contributed by atoms with Crippen LogP contribution in [0.25, 0.3) is 0 Å². The third kappa shape index (κ3) is 1.05. The van der Waals surface area contributed by atoms with Gasteiger partial charge in [-0.2, -0.15) is 0 Å². The highest BCUT2D eigenvalue weighted by Gasteiger charge is 2.10. The highest BCUT2D eigenvalue weighted by atomic mass is 16.1. The van der Waals surface area contributed by atoms with Gasteiger partial charge >= 0.3 is 0 Å².